The van der Waals surface area contributed by atoms with Gasteiger partial charge < -0.3 is 10.3 Å². The smallest absolute Gasteiger partial charge is 0.0429 e. The Hall–Kier alpha value is -0.760. The molecular weight excluding hydrogens is 136 g/mol. The summed E-state index contributed by atoms with van der Waals surface area (Å²) < 4.78 is 2.26. The van der Waals surface area contributed by atoms with Crippen LogP contribution in [-0.4, -0.2) is 11.1 Å². The summed E-state index contributed by atoms with van der Waals surface area (Å²) in [5.74, 6) is 0. The number of nitrogens with two attached hydrogens (primary N) is 1. The van der Waals surface area contributed by atoms with E-state index in [-0.39, 0.29) is 0 Å². The summed E-state index contributed by atoms with van der Waals surface area (Å²) in [6.45, 7) is 7.06. The van der Waals surface area contributed by atoms with Crippen molar-refractivity contribution in [3.8, 4) is 0 Å². The van der Waals surface area contributed by atoms with E-state index in [0.29, 0.717) is 12.6 Å². The third-order valence-electron chi connectivity index (χ3n) is 2.11. The van der Waals surface area contributed by atoms with Crippen LogP contribution in [0.2, 0.25) is 0 Å². The summed E-state index contributed by atoms with van der Waals surface area (Å²) in [5.41, 5.74) is 8.16. The predicted molar refractivity (Wildman–Crippen MR) is 47.7 cm³/mol. The van der Waals surface area contributed by atoms with Gasteiger partial charge in [-0.1, -0.05) is 0 Å². The SMILES string of the molecule is Cc1ccc(C)n1C(C)CN. The summed E-state index contributed by atoms with van der Waals surface area (Å²) in [6.07, 6.45) is 0. The number of aryl methyl sites for hydroxylation is 2. The van der Waals surface area contributed by atoms with Crippen molar-refractivity contribution in [1.82, 2.24) is 4.57 Å². The maximum atomic E-state index is 5.58. The van der Waals surface area contributed by atoms with Gasteiger partial charge in [0.15, 0.2) is 0 Å². The molecule has 0 aliphatic carbocycles. The van der Waals surface area contributed by atoms with Crippen LogP contribution in [0.3, 0.4) is 0 Å². The van der Waals surface area contributed by atoms with Crippen molar-refractivity contribution >= 4 is 0 Å². The van der Waals surface area contributed by atoms with Gasteiger partial charge in [0.05, 0.1) is 0 Å². The van der Waals surface area contributed by atoms with E-state index in [9.17, 15) is 0 Å². The molecule has 1 unspecified atom stereocenters. The number of nitrogens with zero attached hydrogens (tertiary/aromatic N) is 1. The second kappa shape index (κ2) is 3.09. The average molecular weight is 152 g/mol. The normalized spacial score (nSPS) is 13.5. The number of aromatic nitrogens is 1. The summed E-state index contributed by atoms with van der Waals surface area (Å²) >= 11 is 0. The van der Waals surface area contributed by atoms with Crippen LogP contribution in [-0.2, 0) is 0 Å². The molecule has 0 saturated heterocycles. The third-order valence-corrected chi connectivity index (χ3v) is 2.11. The molecule has 0 aliphatic rings. The molecule has 1 rings (SSSR count). The maximum Gasteiger partial charge on any atom is 0.0429 e. The van der Waals surface area contributed by atoms with Crippen LogP contribution < -0.4 is 5.73 Å². The molecule has 0 spiro atoms. The number of hydrogen-bond donors (Lipinski definition) is 1. The van der Waals surface area contributed by atoms with Gasteiger partial charge >= 0.3 is 0 Å². The molecule has 11 heavy (non-hydrogen) atoms. The zero-order valence-corrected chi connectivity index (χ0v) is 7.46. The van der Waals surface area contributed by atoms with E-state index in [1.54, 1.807) is 0 Å². The molecule has 1 atom stereocenters. The molecule has 0 amide bonds. The van der Waals surface area contributed by atoms with Crippen LogP contribution in [0.15, 0.2) is 12.1 Å². The van der Waals surface area contributed by atoms with Gasteiger partial charge in [-0.25, -0.2) is 0 Å². The fraction of sp³-hybridized carbons (Fsp3) is 0.556. The quantitative estimate of drug-likeness (QED) is 0.686. The monoisotopic (exact) mass is 152 g/mol. The molecule has 2 N–H and O–H groups in total. The van der Waals surface area contributed by atoms with Gasteiger partial charge in [-0.05, 0) is 32.9 Å². The van der Waals surface area contributed by atoms with Crippen LogP contribution in [0, 0.1) is 13.8 Å². The summed E-state index contributed by atoms with van der Waals surface area (Å²) in [6, 6.07) is 4.67. The summed E-state index contributed by atoms with van der Waals surface area (Å²) in [4.78, 5) is 0. The van der Waals surface area contributed by atoms with E-state index in [1.165, 1.54) is 11.4 Å². The molecule has 2 heteroatoms. The third kappa shape index (κ3) is 1.46. The lowest BCUT2D eigenvalue weighted by atomic mass is 10.3. The van der Waals surface area contributed by atoms with Crippen molar-refractivity contribution in [3.05, 3.63) is 23.5 Å². The lowest BCUT2D eigenvalue weighted by Crippen LogP contribution is -2.17. The lowest BCUT2D eigenvalue weighted by Gasteiger charge is -2.15. The standard InChI is InChI=1S/C9H16N2/c1-7-4-5-8(2)11(7)9(3)6-10/h4-5,9H,6,10H2,1-3H3. The first-order valence-electron chi connectivity index (χ1n) is 4.01. The fourth-order valence-corrected chi connectivity index (χ4v) is 1.48. The highest BCUT2D eigenvalue weighted by atomic mass is 15.0. The Morgan fingerprint density at radius 1 is 1.36 bits per heavy atom. The minimum atomic E-state index is 0.421. The van der Waals surface area contributed by atoms with Gasteiger partial charge in [-0.3, -0.25) is 0 Å². The Kier molecular flexibility index (Phi) is 2.35. The van der Waals surface area contributed by atoms with Gasteiger partial charge in [-0.15, -0.1) is 0 Å². The van der Waals surface area contributed by atoms with Gasteiger partial charge in [0.1, 0.15) is 0 Å². The van der Waals surface area contributed by atoms with E-state index in [2.05, 4.69) is 37.5 Å². The predicted octanol–water partition coefficient (Wildman–Crippen LogP) is 1.62. The second-order valence-corrected chi connectivity index (χ2v) is 3.07. The lowest BCUT2D eigenvalue weighted by molar-refractivity contribution is 0.537. The largest absolute Gasteiger partial charge is 0.345 e. The Bertz CT molecular complexity index is 218. The highest BCUT2D eigenvalue weighted by Gasteiger charge is 2.06. The Balaban J connectivity index is 3.00. The average Bonchev–Trinajstić information content (AvgIpc) is 2.30. The van der Waals surface area contributed by atoms with Crippen LogP contribution in [0.1, 0.15) is 24.4 Å². The molecule has 0 aromatic carbocycles. The van der Waals surface area contributed by atoms with E-state index in [4.69, 9.17) is 5.73 Å². The van der Waals surface area contributed by atoms with E-state index in [1.807, 2.05) is 0 Å². The first kappa shape index (κ1) is 8.34. The Morgan fingerprint density at radius 2 is 1.82 bits per heavy atom. The van der Waals surface area contributed by atoms with Gasteiger partial charge in [-0.2, -0.15) is 0 Å². The fourth-order valence-electron chi connectivity index (χ4n) is 1.48. The van der Waals surface area contributed by atoms with Crippen LogP contribution in [0.5, 0.6) is 0 Å². The first-order chi connectivity index (χ1) is 5.16. The topological polar surface area (TPSA) is 30.9 Å². The molecule has 0 radical (unpaired) electrons. The molecule has 62 valence electrons. The molecule has 0 bridgehead atoms. The summed E-state index contributed by atoms with van der Waals surface area (Å²) in [5, 5.41) is 0. The minimum absolute atomic E-state index is 0.421. The maximum absolute atomic E-state index is 5.58. The van der Waals surface area contributed by atoms with E-state index in [0.717, 1.165) is 0 Å². The molecule has 0 aliphatic heterocycles. The van der Waals surface area contributed by atoms with Gasteiger partial charge in [0, 0.05) is 24.0 Å². The molecule has 2 nitrogen and oxygen atoms in total. The zero-order chi connectivity index (χ0) is 8.43. The minimum Gasteiger partial charge on any atom is -0.345 e. The molecule has 1 aromatic heterocycles. The highest BCUT2D eigenvalue weighted by molar-refractivity contribution is 5.14. The molecule has 1 aromatic rings. The summed E-state index contributed by atoms with van der Waals surface area (Å²) in [7, 11) is 0. The van der Waals surface area contributed by atoms with Crippen LogP contribution in [0.4, 0.5) is 0 Å². The van der Waals surface area contributed by atoms with Gasteiger partial charge in [0.2, 0.25) is 0 Å². The highest BCUT2D eigenvalue weighted by Crippen LogP contribution is 2.13. The molecule has 1 heterocycles. The van der Waals surface area contributed by atoms with Crippen molar-refractivity contribution in [2.24, 2.45) is 5.73 Å². The number of hydrogen-bond acceptors (Lipinski definition) is 1. The molecular formula is C9H16N2. The Labute approximate surface area is 68.0 Å². The second-order valence-electron chi connectivity index (χ2n) is 3.07. The van der Waals surface area contributed by atoms with Crippen molar-refractivity contribution < 1.29 is 0 Å². The molecule has 0 fully saturated rings. The zero-order valence-electron chi connectivity index (χ0n) is 7.46. The van der Waals surface area contributed by atoms with Crippen molar-refractivity contribution in [1.29, 1.82) is 0 Å². The van der Waals surface area contributed by atoms with E-state index >= 15 is 0 Å². The van der Waals surface area contributed by atoms with E-state index < -0.39 is 0 Å². The van der Waals surface area contributed by atoms with Crippen molar-refractivity contribution in [2.45, 2.75) is 26.8 Å². The van der Waals surface area contributed by atoms with Gasteiger partial charge in [0.25, 0.3) is 0 Å². The van der Waals surface area contributed by atoms with Crippen LogP contribution in [0.25, 0.3) is 0 Å². The Morgan fingerprint density at radius 3 is 2.18 bits per heavy atom. The van der Waals surface area contributed by atoms with Crippen molar-refractivity contribution in [2.75, 3.05) is 6.54 Å². The molecule has 0 saturated carbocycles. The number of rotatable bonds is 2. The van der Waals surface area contributed by atoms with Crippen molar-refractivity contribution in [3.63, 3.8) is 0 Å². The van der Waals surface area contributed by atoms with Crippen LogP contribution >= 0.6 is 0 Å². The first-order valence-corrected chi connectivity index (χ1v) is 4.01.